The minimum atomic E-state index is -1.42. The SMILES string of the molecule is CC(C)=C[Si](C)(C=C(C)C)C=C(C)C. The molecule has 0 rings (SSSR count). The average Bonchev–Trinajstić information content (AvgIpc) is 1.76. The molecule has 0 spiro atoms. The highest BCUT2D eigenvalue weighted by atomic mass is 28.3. The molecule has 0 saturated heterocycles. The molecule has 0 heterocycles. The van der Waals surface area contributed by atoms with E-state index in [-0.39, 0.29) is 0 Å². The van der Waals surface area contributed by atoms with Gasteiger partial charge >= 0.3 is 0 Å². The summed E-state index contributed by atoms with van der Waals surface area (Å²) in [6.07, 6.45) is 0. The molecule has 0 aliphatic heterocycles. The summed E-state index contributed by atoms with van der Waals surface area (Å²) in [5.41, 5.74) is 11.6. The average molecular weight is 208 g/mol. The van der Waals surface area contributed by atoms with Gasteiger partial charge in [-0.15, -0.1) is 0 Å². The Kier molecular flexibility index (Phi) is 5.14. The highest BCUT2D eigenvalue weighted by Crippen LogP contribution is 2.16. The third-order valence-electron chi connectivity index (χ3n) is 1.80. The summed E-state index contributed by atoms with van der Waals surface area (Å²) in [7, 11) is -1.42. The lowest BCUT2D eigenvalue weighted by Gasteiger charge is -2.17. The quantitative estimate of drug-likeness (QED) is 0.596. The largest absolute Gasteiger partial charge is 0.123 e. The molecule has 0 radical (unpaired) electrons. The van der Waals surface area contributed by atoms with Crippen molar-refractivity contribution in [1.82, 2.24) is 0 Å². The molecule has 0 saturated carbocycles. The van der Waals surface area contributed by atoms with E-state index in [4.69, 9.17) is 0 Å². The van der Waals surface area contributed by atoms with Crippen LogP contribution in [0.2, 0.25) is 6.55 Å². The Morgan fingerprint density at radius 1 is 0.643 bits per heavy atom. The van der Waals surface area contributed by atoms with E-state index in [0.29, 0.717) is 0 Å². The summed E-state index contributed by atoms with van der Waals surface area (Å²) in [6, 6.07) is 0. The molecule has 0 aromatic rings. The molecular weight excluding hydrogens is 184 g/mol. The fourth-order valence-electron chi connectivity index (χ4n) is 1.99. The van der Waals surface area contributed by atoms with E-state index in [1.54, 1.807) is 0 Å². The van der Waals surface area contributed by atoms with Gasteiger partial charge in [0.1, 0.15) is 8.07 Å². The maximum absolute atomic E-state index is 2.45. The topological polar surface area (TPSA) is 0 Å². The van der Waals surface area contributed by atoms with Crippen molar-refractivity contribution in [2.75, 3.05) is 0 Å². The fourth-order valence-corrected chi connectivity index (χ4v) is 5.97. The zero-order valence-electron chi connectivity index (χ0n) is 10.7. The second-order valence-corrected chi connectivity index (χ2v) is 8.63. The van der Waals surface area contributed by atoms with Crippen molar-refractivity contribution in [1.29, 1.82) is 0 Å². The summed E-state index contributed by atoms with van der Waals surface area (Å²) < 4.78 is 0. The van der Waals surface area contributed by atoms with Crippen molar-refractivity contribution in [3.05, 3.63) is 33.8 Å². The van der Waals surface area contributed by atoms with E-state index in [0.717, 1.165) is 0 Å². The van der Waals surface area contributed by atoms with Gasteiger partial charge in [-0.3, -0.25) is 0 Å². The standard InChI is InChI=1S/C13H24Si/c1-11(2)8-14(7,9-12(3)4)10-13(5)6/h8-10H,1-7H3. The van der Waals surface area contributed by atoms with Crippen LogP contribution in [-0.2, 0) is 0 Å². The first-order valence-corrected chi connectivity index (χ1v) is 7.96. The van der Waals surface area contributed by atoms with Gasteiger partial charge in [-0.05, 0) is 41.5 Å². The Labute approximate surface area is 90.4 Å². The van der Waals surface area contributed by atoms with Gasteiger partial charge in [0.05, 0.1) is 0 Å². The summed E-state index contributed by atoms with van der Waals surface area (Å²) in [6.45, 7) is 15.5. The molecule has 0 aromatic carbocycles. The van der Waals surface area contributed by atoms with Crippen molar-refractivity contribution >= 4 is 8.07 Å². The van der Waals surface area contributed by atoms with Gasteiger partial charge in [0.2, 0.25) is 0 Å². The predicted molar refractivity (Wildman–Crippen MR) is 69.9 cm³/mol. The summed E-state index contributed by atoms with van der Waals surface area (Å²) in [5.74, 6) is 0. The van der Waals surface area contributed by atoms with Crippen LogP contribution in [0.4, 0.5) is 0 Å². The molecule has 0 fully saturated rings. The normalized spacial score (nSPS) is 10.5. The second kappa shape index (κ2) is 5.35. The van der Waals surface area contributed by atoms with E-state index in [9.17, 15) is 0 Å². The van der Waals surface area contributed by atoms with E-state index in [2.05, 4.69) is 65.2 Å². The van der Waals surface area contributed by atoms with Crippen LogP contribution in [0, 0.1) is 0 Å². The van der Waals surface area contributed by atoms with Gasteiger partial charge < -0.3 is 0 Å². The van der Waals surface area contributed by atoms with Crippen LogP contribution in [-0.4, -0.2) is 8.07 Å². The van der Waals surface area contributed by atoms with Crippen molar-refractivity contribution in [3.8, 4) is 0 Å². The molecule has 0 amide bonds. The van der Waals surface area contributed by atoms with Gasteiger partial charge in [0.15, 0.2) is 0 Å². The highest BCUT2D eigenvalue weighted by Gasteiger charge is 2.17. The van der Waals surface area contributed by atoms with Crippen LogP contribution in [0.3, 0.4) is 0 Å². The number of hydrogen-bond donors (Lipinski definition) is 0. The lowest BCUT2D eigenvalue weighted by molar-refractivity contribution is 1.37. The van der Waals surface area contributed by atoms with Crippen LogP contribution in [0.5, 0.6) is 0 Å². The predicted octanol–water partition coefficient (Wildman–Crippen LogP) is 4.58. The Morgan fingerprint density at radius 3 is 1.00 bits per heavy atom. The third kappa shape index (κ3) is 5.98. The monoisotopic (exact) mass is 208 g/mol. The minimum absolute atomic E-state index is 1.42. The molecule has 14 heavy (non-hydrogen) atoms. The summed E-state index contributed by atoms with van der Waals surface area (Å²) in [4.78, 5) is 0. The maximum Gasteiger partial charge on any atom is 0.123 e. The minimum Gasteiger partial charge on any atom is -0.0883 e. The van der Waals surface area contributed by atoms with Crippen LogP contribution in [0.1, 0.15) is 41.5 Å². The summed E-state index contributed by atoms with van der Waals surface area (Å²) >= 11 is 0. The van der Waals surface area contributed by atoms with Crippen LogP contribution in [0.15, 0.2) is 33.8 Å². The Morgan fingerprint density at radius 2 is 0.857 bits per heavy atom. The van der Waals surface area contributed by atoms with Gasteiger partial charge in [0, 0.05) is 0 Å². The first-order valence-electron chi connectivity index (χ1n) is 5.23. The highest BCUT2D eigenvalue weighted by molar-refractivity contribution is 6.92. The molecule has 0 N–H and O–H groups in total. The molecule has 0 aliphatic rings. The molecule has 80 valence electrons. The lowest BCUT2D eigenvalue weighted by atomic mass is 10.4. The maximum atomic E-state index is 2.45. The van der Waals surface area contributed by atoms with Crippen LogP contribution >= 0.6 is 0 Å². The third-order valence-corrected chi connectivity index (χ3v) is 5.40. The van der Waals surface area contributed by atoms with Crippen molar-refractivity contribution in [2.45, 2.75) is 48.1 Å². The lowest BCUT2D eigenvalue weighted by Crippen LogP contribution is -2.24. The smallest absolute Gasteiger partial charge is 0.0883 e. The number of hydrogen-bond acceptors (Lipinski definition) is 0. The first-order chi connectivity index (χ1) is 6.25. The van der Waals surface area contributed by atoms with E-state index >= 15 is 0 Å². The Balaban J connectivity index is 5.17. The first kappa shape index (κ1) is 13.4. The van der Waals surface area contributed by atoms with Gasteiger partial charge in [-0.2, -0.15) is 0 Å². The molecule has 0 atom stereocenters. The van der Waals surface area contributed by atoms with E-state index < -0.39 is 8.07 Å². The van der Waals surface area contributed by atoms with Gasteiger partial charge in [-0.25, -0.2) is 0 Å². The van der Waals surface area contributed by atoms with Gasteiger partial charge in [-0.1, -0.05) is 40.4 Å². The second-order valence-electron chi connectivity index (χ2n) is 5.03. The number of rotatable bonds is 3. The van der Waals surface area contributed by atoms with Crippen molar-refractivity contribution in [2.24, 2.45) is 0 Å². The molecule has 0 nitrogen and oxygen atoms in total. The Hall–Kier alpha value is -0.563. The molecule has 0 aromatic heterocycles. The van der Waals surface area contributed by atoms with E-state index in [1.807, 2.05) is 0 Å². The van der Waals surface area contributed by atoms with E-state index in [1.165, 1.54) is 16.7 Å². The number of allylic oxidation sites excluding steroid dienone is 3. The molecular formula is C13H24Si. The van der Waals surface area contributed by atoms with Crippen molar-refractivity contribution < 1.29 is 0 Å². The molecule has 0 unspecified atom stereocenters. The molecule has 1 heteroatoms. The van der Waals surface area contributed by atoms with Crippen LogP contribution in [0.25, 0.3) is 0 Å². The van der Waals surface area contributed by atoms with Gasteiger partial charge in [0.25, 0.3) is 0 Å². The zero-order valence-corrected chi connectivity index (χ0v) is 11.7. The zero-order chi connectivity index (χ0) is 11.4. The Bertz CT molecular complexity index is 222. The summed E-state index contributed by atoms with van der Waals surface area (Å²) in [5, 5.41) is 0. The van der Waals surface area contributed by atoms with Crippen LogP contribution < -0.4 is 0 Å². The molecule has 0 bridgehead atoms. The fraction of sp³-hybridized carbons (Fsp3) is 0.538. The molecule has 0 aliphatic carbocycles. The van der Waals surface area contributed by atoms with Crippen molar-refractivity contribution in [3.63, 3.8) is 0 Å².